The highest BCUT2D eigenvalue weighted by atomic mass is 19.1. The van der Waals surface area contributed by atoms with Gasteiger partial charge >= 0.3 is 0 Å². The van der Waals surface area contributed by atoms with E-state index in [1.165, 1.54) is 0 Å². The summed E-state index contributed by atoms with van der Waals surface area (Å²) in [5.74, 6) is 0.255. The number of hydrogen-bond acceptors (Lipinski definition) is 0. The minimum atomic E-state index is -0.569. The highest BCUT2D eigenvalue weighted by Crippen LogP contribution is 2.15. The van der Waals surface area contributed by atoms with Gasteiger partial charge in [0.2, 0.25) is 0 Å². The monoisotopic (exact) mass is 130 g/mol. The molecule has 2 atom stereocenters. The molecule has 0 aromatic carbocycles. The van der Waals surface area contributed by atoms with E-state index in [1.54, 1.807) is 0 Å². The topological polar surface area (TPSA) is 0 Å². The first-order chi connectivity index (χ1) is 4.22. The zero-order chi connectivity index (χ0) is 7.28. The van der Waals surface area contributed by atoms with Gasteiger partial charge in [0.15, 0.2) is 0 Å². The molecule has 0 fully saturated rings. The third-order valence-corrected chi connectivity index (χ3v) is 1.83. The molecule has 0 saturated heterocycles. The summed E-state index contributed by atoms with van der Waals surface area (Å²) in [6.07, 6.45) is 2.08. The van der Waals surface area contributed by atoms with Crippen LogP contribution < -0.4 is 0 Å². The van der Waals surface area contributed by atoms with Crippen LogP contribution in [0.5, 0.6) is 0 Å². The molecular formula is C7H16BF. The second kappa shape index (κ2) is 4.83. The van der Waals surface area contributed by atoms with Gasteiger partial charge in [0.05, 0.1) is 0 Å². The molecule has 0 spiro atoms. The highest BCUT2D eigenvalue weighted by Gasteiger charge is 2.11. The Morgan fingerprint density at radius 2 is 2.11 bits per heavy atom. The third kappa shape index (κ3) is 3.55. The maximum absolute atomic E-state index is 12.8. The van der Waals surface area contributed by atoms with E-state index in [4.69, 9.17) is 0 Å². The van der Waals surface area contributed by atoms with E-state index in [1.807, 2.05) is 21.7 Å². The van der Waals surface area contributed by atoms with Crippen molar-refractivity contribution in [2.24, 2.45) is 5.92 Å². The van der Waals surface area contributed by atoms with Crippen LogP contribution in [0.2, 0.25) is 6.32 Å². The van der Waals surface area contributed by atoms with Crippen LogP contribution in [0.4, 0.5) is 4.39 Å². The van der Waals surface area contributed by atoms with Crippen molar-refractivity contribution in [2.75, 3.05) is 0 Å². The molecule has 0 aromatic rings. The van der Waals surface area contributed by atoms with Crippen molar-refractivity contribution < 1.29 is 4.39 Å². The minimum absolute atomic E-state index is 0.255. The summed E-state index contributed by atoms with van der Waals surface area (Å²) in [5.41, 5.74) is 0. The number of hydrogen-bond donors (Lipinski definition) is 0. The summed E-state index contributed by atoms with van der Waals surface area (Å²) < 4.78 is 12.8. The first kappa shape index (κ1) is 8.99. The van der Waals surface area contributed by atoms with Crippen molar-refractivity contribution in [1.29, 1.82) is 0 Å². The Kier molecular flexibility index (Phi) is 4.83. The zero-order valence-electron chi connectivity index (χ0n) is 6.65. The smallest absolute Gasteiger partial charge is 0.102 e. The normalized spacial score (nSPS) is 17.2. The lowest BCUT2D eigenvalue weighted by atomic mass is 9.88. The Bertz CT molecular complexity index is 65.9. The summed E-state index contributed by atoms with van der Waals surface area (Å²) in [5, 5.41) is 0. The average molecular weight is 130 g/mol. The standard InChI is InChI=1S/C7H16BF/c1-3-4-7(9)6(2)5-8/h6-7H,3-5,8H2,1-2H3/t6-,7?/m0/s1. The molecule has 0 aromatic heterocycles. The predicted octanol–water partition coefficient (Wildman–Crippen LogP) is 1.81. The molecule has 2 heteroatoms. The second-order valence-electron chi connectivity index (χ2n) is 2.69. The minimum Gasteiger partial charge on any atom is -0.247 e. The van der Waals surface area contributed by atoms with E-state index in [0.717, 1.165) is 19.2 Å². The Morgan fingerprint density at radius 3 is 2.44 bits per heavy atom. The zero-order valence-corrected chi connectivity index (χ0v) is 6.65. The Morgan fingerprint density at radius 1 is 1.56 bits per heavy atom. The van der Waals surface area contributed by atoms with Gasteiger partial charge in [-0.15, -0.1) is 0 Å². The maximum Gasteiger partial charge on any atom is 0.102 e. The molecule has 0 rings (SSSR count). The number of alkyl halides is 1. The van der Waals surface area contributed by atoms with Crippen molar-refractivity contribution in [2.45, 2.75) is 39.2 Å². The molecule has 0 heterocycles. The lowest BCUT2D eigenvalue weighted by Gasteiger charge is -2.12. The molecule has 0 amide bonds. The highest BCUT2D eigenvalue weighted by molar-refractivity contribution is 6.08. The van der Waals surface area contributed by atoms with Gasteiger partial charge in [0, 0.05) is 0 Å². The van der Waals surface area contributed by atoms with E-state index in [9.17, 15) is 4.39 Å². The Balaban J connectivity index is 3.32. The van der Waals surface area contributed by atoms with Gasteiger partial charge in [-0.25, -0.2) is 4.39 Å². The summed E-state index contributed by atoms with van der Waals surface area (Å²) in [4.78, 5) is 0. The van der Waals surface area contributed by atoms with Gasteiger partial charge in [-0.2, -0.15) is 0 Å². The molecule has 0 aliphatic rings. The van der Waals surface area contributed by atoms with Gasteiger partial charge in [-0.3, -0.25) is 0 Å². The first-order valence-electron chi connectivity index (χ1n) is 3.86. The fraction of sp³-hybridized carbons (Fsp3) is 1.00. The van der Waals surface area contributed by atoms with Gasteiger partial charge in [0.1, 0.15) is 14.0 Å². The van der Waals surface area contributed by atoms with E-state index in [-0.39, 0.29) is 5.92 Å². The van der Waals surface area contributed by atoms with Crippen molar-refractivity contribution in [3.8, 4) is 0 Å². The van der Waals surface area contributed by atoms with Crippen molar-refractivity contribution in [1.82, 2.24) is 0 Å². The molecule has 0 radical (unpaired) electrons. The number of halogens is 1. The van der Waals surface area contributed by atoms with E-state index in [2.05, 4.69) is 0 Å². The largest absolute Gasteiger partial charge is 0.247 e. The summed E-state index contributed by atoms with van der Waals surface area (Å²) in [6.45, 7) is 4.00. The molecule has 0 N–H and O–H groups in total. The maximum atomic E-state index is 12.8. The lowest BCUT2D eigenvalue weighted by Crippen LogP contribution is -2.11. The van der Waals surface area contributed by atoms with E-state index < -0.39 is 6.17 Å². The van der Waals surface area contributed by atoms with Gasteiger partial charge in [-0.1, -0.05) is 26.6 Å². The SMILES string of the molecule is BC[C@H](C)C(F)CCC. The van der Waals surface area contributed by atoms with E-state index in [0.29, 0.717) is 0 Å². The molecular weight excluding hydrogens is 114 g/mol. The predicted molar refractivity (Wildman–Crippen MR) is 42.3 cm³/mol. The third-order valence-electron chi connectivity index (χ3n) is 1.83. The van der Waals surface area contributed by atoms with Crippen LogP contribution in [0.25, 0.3) is 0 Å². The lowest BCUT2D eigenvalue weighted by molar-refractivity contribution is 0.239. The van der Waals surface area contributed by atoms with Crippen LogP contribution in [0, 0.1) is 5.92 Å². The van der Waals surface area contributed by atoms with Crippen LogP contribution in [0.3, 0.4) is 0 Å². The number of rotatable bonds is 4. The first-order valence-corrected chi connectivity index (χ1v) is 3.86. The fourth-order valence-electron chi connectivity index (χ4n) is 0.816. The van der Waals surface area contributed by atoms with Crippen LogP contribution in [-0.4, -0.2) is 14.0 Å². The van der Waals surface area contributed by atoms with Crippen LogP contribution >= 0.6 is 0 Å². The van der Waals surface area contributed by atoms with Gasteiger partial charge < -0.3 is 0 Å². The quantitative estimate of drug-likeness (QED) is 0.509. The van der Waals surface area contributed by atoms with Gasteiger partial charge in [0.25, 0.3) is 0 Å². The van der Waals surface area contributed by atoms with Crippen LogP contribution in [-0.2, 0) is 0 Å². The fourth-order valence-corrected chi connectivity index (χ4v) is 0.816. The Labute approximate surface area is 58.2 Å². The average Bonchev–Trinajstić information content (AvgIpc) is 1.87. The second-order valence-corrected chi connectivity index (χ2v) is 2.69. The van der Waals surface area contributed by atoms with Gasteiger partial charge in [-0.05, 0) is 12.3 Å². The van der Waals surface area contributed by atoms with Crippen LogP contribution in [0.15, 0.2) is 0 Å². The van der Waals surface area contributed by atoms with Crippen molar-refractivity contribution in [3.63, 3.8) is 0 Å². The summed E-state index contributed by atoms with van der Waals surface area (Å²) in [6, 6.07) is 0. The molecule has 0 nitrogen and oxygen atoms in total. The van der Waals surface area contributed by atoms with E-state index >= 15 is 0 Å². The molecule has 9 heavy (non-hydrogen) atoms. The van der Waals surface area contributed by atoms with Crippen molar-refractivity contribution in [3.05, 3.63) is 0 Å². The summed E-state index contributed by atoms with van der Waals surface area (Å²) >= 11 is 0. The molecule has 0 aliphatic carbocycles. The Hall–Kier alpha value is -0.00506. The summed E-state index contributed by atoms with van der Waals surface area (Å²) in [7, 11) is 2.03. The van der Waals surface area contributed by atoms with Crippen molar-refractivity contribution >= 4 is 7.85 Å². The molecule has 0 aliphatic heterocycles. The molecule has 0 bridgehead atoms. The van der Waals surface area contributed by atoms with Crippen LogP contribution in [0.1, 0.15) is 26.7 Å². The molecule has 54 valence electrons. The molecule has 1 unspecified atom stereocenters. The molecule has 0 saturated carbocycles.